The summed E-state index contributed by atoms with van der Waals surface area (Å²) in [6, 6.07) is 51.0. The molecule has 0 aliphatic rings. The minimum absolute atomic E-state index is 0. The van der Waals surface area contributed by atoms with Crippen LogP contribution in [0.15, 0.2) is 144 Å². The number of hydrogen-bond acceptors (Lipinski definition) is 4. The molecule has 0 fully saturated rings. The van der Waals surface area contributed by atoms with Crippen molar-refractivity contribution in [1.82, 2.24) is 9.97 Å². The maximum Gasteiger partial charge on any atom is 0 e. The molecule has 6 aromatic carbocycles. The average molecular weight is 1010 g/mol. The molecular weight excluding hydrogens is 965 g/mol. The summed E-state index contributed by atoms with van der Waals surface area (Å²) in [6.07, 6.45) is 2.34. The van der Waals surface area contributed by atoms with Crippen molar-refractivity contribution in [3.8, 4) is 33.6 Å². The minimum atomic E-state index is -1.81. The second kappa shape index (κ2) is 16.4. The molecule has 0 spiro atoms. The van der Waals surface area contributed by atoms with E-state index in [2.05, 4.69) is 137 Å². The van der Waals surface area contributed by atoms with Crippen molar-refractivity contribution in [3.63, 3.8) is 0 Å². The molecular formula is C52H44GeIrN2OS-2. The van der Waals surface area contributed by atoms with Gasteiger partial charge in [0.05, 0.1) is 0 Å². The van der Waals surface area contributed by atoms with E-state index in [1.165, 1.54) is 41.8 Å². The van der Waals surface area contributed by atoms with E-state index in [1.807, 2.05) is 50.4 Å². The van der Waals surface area contributed by atoms with Crippen LogP contribution in [0, 0.1) is 25.0 Å². The van der Waals surface area contributed by atoms with Crippen LogP contribution in [-0.4, -0.2) is 23.2 Å². The van der Waals surface area contributed by atoms with Gasteiger partial charge in [0.1, 0.15) is 0 Å². The van der Waals surface area contributed by atoms with E-state index in [0.717, 1.165) is 54.7 Å². The fourth-order valence-electron chi connectivity index (χ4n) is 7.58. The van der Waals surface area contributed by atoms with Crippen LogP contribution in [-0.2, 0) is 26.5 Å². The summed E-state index contributed by atoms with van der Waals surface area (Å²) in [5.41, 5.74) is 9.62. The Kier molecular flexibility index (Phi) is 10.6. The van der Waals surface area contributed by atoms with Gasteiger partial charge in [0, 0.05) is 33.7 Å². The molecule has 0 atom stereocenters. The molecule has 58 heavy (non-hydrogen) atoms. The molecule has 0 aliphatic heterocycles. The third kappa shape index (κ3) is 7.94. The van der Waals surface area contributed by atoms with Crippen molar-refractivity contribution in [2.45, 2.75) is 44.4 Å². The Morgan fingerprint density at radius 3 is 2.33 bits per heavy atom. The van der Waals surface area contributed by atoms with Crippen LogP contribution in [0.3, 0.4) is 0 Å². The average Bonchev–Trinajstić information content (AvgIpc) is 3.80. The zero-order chi connectivity index (χ0) is 41.1. The van der Waals surface area contributed by atoms with Gasteiger partial charge in [-0.05, 0) is 68.2 Å². The number of furan rings is 1. The van der Waals surface area contributed by atoms with Gasteiger partial charge in [-0.2, -0.15) is 11.3 Å². The van der Waals surface area contributed by atoms with Crippen molar-refractivity contribution in [2.24, 2.45) is 5.92 Å². The van der Waals surface area contributed by atoms with E-state index in [4.69, 9.17) is 7.16 Å². The van der Waals surface area contributed by atoms with Gasteiger partial charge in [-0.15, -0.1) is 23.3 Å². The molecule has 4 aromatic heterocycles. The number of benzene rings is 6. The van der Waals surface area contributed by atoms with Crippen LogP contribution < -0.4 is 4.40 Å². The Morgan fingerprint density at radius 2 is 1.53 bits per heavy atom. The summed E-state index contributed by atoms with van der Waals surface area (Å²) in [5.74, 6) is 7.01. The fourth-order valence-corrected chi connectivity index (χ4v) is 10.9. The van der Waals surface area contributed by atoms with E-state index in [-0.39, 0.29) is 26.0 Å². The van der Waals surface area contributed by atoms with Crippen molar-refractivity contribution >= 4 is 81.9 Å². The molecule has 0 unspecified atom stereocenters. The van der Waals surface area contributed by atoms with Crippen LogP contribution in [0.5, 0.6) is 0 Å². The number of rotatable bonds is 6. The van der Waals surface area contributed by atoms with Crippen LogP contribution in [0.25, 0.3) is 86.5 Å². The molecule has 4 heterocycles. The number of aromatic nitrogens is 2. The predicted octanol–water partition coefficient (Wildman–Crippen LogP) is 14.2. The van der Waals surface area contributed by atoms with Gasteiger partial charge in [-0.1, -0.05) is 86.3 Å². The van der Waals surface area contributed by atoms with Crippen molar-refractivity contribution in [1.29, 1.82) is 0 Å². The van der Waals surface area contributed by atoms with Gasteiger partial charge in [0.25, 0.3) is 0 Å². The number of pyridine rings is 2. The predicted molar refractivity (Wildman–Crippen MR) is 246 cm³/mol. The van der Waals surface area contributed by atoms with Crippen LogP contribution in [0.2, 0.25) is 17.3 Å². The largest absolute Gasteiger partial charge is 0 e. The first-order valence-electron chi connectivity index (χ1n) is 20.5. The maximum absolute atomic E-state index is 8.57. The monoisotopic (exact) mass is 1010 g/mol. The molecule has 0 saturated carbocycles. The van der Waals surface area contributed by atoms with Gasteiger partial charge in [0.2, 0.25) is 0 Å². The Balaban J connectivity index is 0.000000179. The first kappa shape index (κ1) is 37.4. The van der Waals surface area contributed by atoms with E-state index in [9.17, 15) is 0 Å². The van der Waals surface area contributed by atoms with E-state index < -0.39 is 19.6 Å². The van der Waals surface area contributed by atoms with Gasteiger partial charge in [-0.25, -0.2) is 0 Å². The molecule has 0 bridgehead atoms. The van der Waals surface area contributed by atoms with Crippen LogP contribution in [0.4, 0.5) is 0 Å². The number of aryl methyl sites for hydroxylation is 1. The molecule has 3 nitrogen and oxygen atoms in total. The Hall–Kier alpha value is -4.91. The van der Waals surface area contributed by atoms with Crippen molar-refractivity contribution in [2.75, 3.05) is 0 Å². The summed E-state index contributed by atoms with van der Waals surface area (Å²) in [7, 11) is 0. The van der Waals surface area contributed by atoms with Crippen LogP contribution in [0.1, 0.15) is 27.7 Å². The SMILES string of the molecule is [2H]C([2H])(c1ccnc(-c2[c-]c(C)cc3c2sc2ccc(-c4cccc5ccccc45)cc23)c1)C(C)C.[CH3][Ge]([CH3])([CH3])[c]1ccc(-c2[c-]cc3oc4ccccc4c3c2)nc1.[Ir]. The smallest absolute Gasteiger partial charge is 0 e. The second-order valence-electron chi connectivity index (χ2n) is 16.0. The van der Waals surface area contributed by atoms with E-state index in [1.54, 1.807) is 23.6 Å². The summed E-state index contributed by atoms with van der Waals surface area (Å²) in [6.45, 7) is 5.89. The topological polar surface area (TPSA) is 38.9 Å². The quantitative estimate of drug-likeness (QED) is 0.123. The Labute approximate surface area is 363 Å². The normalized spacial score (nSPS) is 12.5. The molecule has 0 aliphatic carbocycles. The molecule has 6 heteroatoms. The summed E-state index contributed by atoms with van der Waals surface area (Å²) in [5, 5.41) is 7.18. The number of thiophene rings is 1. The zero-order valence-electron chi connectivity index (χ0n) is 35.4. The number of fused-ring (bicyclic) bond motifs is 7. The Morgan fingerprint density at radius 1 is 0.741 bits per heavy atom. The van der Waals surface area contributed by atoms with E-state index in [0.29, 0.717) is 5.56 Å². The summed E-state index contributed by atoms with van der Waals surface area (Å²) >= 11 is -0.0589. The second-order valence-corrected chi connectivity index (χ2v) is 27.7. The molecule has 0 N–H and O–H groups in total. The minimum Gasteiger partial charge on any atom is 0 e. The summed E-state index contributed by atoms with van der Waals surface area (Å²) in [4.78, 5) is 9.32. The van der Waals surface area contributed by atoms with Gasteiger partial charge < -0.3 is 4.98 Å². The Bertz CT molecular complexity index is 3180. The maximum atomic E-state index is 8.57. The fraction of sp³-hybridized carbons (Fsp3) is 0.154. The number of para-hydroxylation sites is 1. The first-order valence-corrected chi connectivity index (χ1v) is 27.7. The first-order chi connectivity index (χ1) is 28.3. The van der Waals surface area contributed by atoms with Gasteiger partial charge >= 0.3 is 138 Å². The van der Waals surface area contributed by atoms with E-state index >= 15 is 0 Å². The number of nitrogens with zero attached hydrogens (tertiary/aromatic N) is 2. The van der Waals surface area contributed by atoms with Crippen molar-refractivity contribution in [3.05, 3.63) is 163 Å². The standard InChI is InChI=1S/C32H26NS.C20H18GeNO.Ir/c1-20(2)15-22-13-14-33-30(18-22)29-17-21(3)16-28-27-19-24(11-12-31(27)34-32(28)29)26-10-6-8-23-7-4-5-9-25(23)26;1-21(2,3)15-9-10-18(22-13-15)14-8-11-20-17(12-14)16-6-4-5-7-19(16)23-20;/h4-14,16,18-20H,15H2,1-3H3;4-7,9-13H,1-3H3;/q2*-1;/i15D2;;. The van der Waals surface area contributed by atoms with Gasteiger partial charge in [0.15, 0.2) is 0 Å². The van der Waals surface area contributed by atoms with Crippen molar-refractivity contribution < 1.29 is 27.3 Å². The molecule has 0 saturated heterocycles. The molecule has 0 amide bonds. The molecule has 289 valence electrons. The third-order valence-electron chi connectivity index (χ3n) is 10.4. The third-order valence-corrected chi connectivity index (χ3v) is 15.9. The van der Waals surface area contributed by atoms with Crippen LogP contribution >= 0.6 is 11.3 Å². The van der Waals surface area contributed by atoms with Gasteiger partial charge in [-0.3, -0.25) is 0 Å². The molecule has 1 radical (unpaired) electrons. The molecule has 10 rings (SSSR count). The number of hydrogen-bond donors (Lipinski definition) is 0. The molecule has 10 aromatic rings. The summed E-state index contributed by atoms with van der Waals surface area (Å²) < 4.78 is 26.8. The zero-order valence-corrected chi connectivity index (χ0v) is 38.7.